The van der Waals surface area contributed by atoms with Gasteiger partial charge in [-0.3, -0.25) is 9.59 Å². The van der Waals surface area contributed by atoms with Crippen molar-refractivity contribution >= 4 is 11.9 Å². The Balaban J connectivity index is 3.34. The van der Waals surface area contributed by atoms with Gasteiger partial charge in [0.25, 0.3) is 0 Å². The molecule has 1 amide bonds. The number of esters is 1. The maximum atomic E-state index is 12.6. The molecule has 2 unspecified atom stereocenters. The molecule has 0 saturated heterocycles. The summed E-state index contributed by atoms with van der Waals surface area (Å²) in [5.74, 6) is -0.0149. The Kier molecular flexibility index (Phi) is 69.9. The van der Waals surface area contributed by atoms with Crippen LogP contribution in [0.25, 0.3) is 0 Å². The molecule has 482 valence electrons. The van der Waals surface area contributed by atoms with Gasteiger partial charge < -0.3 is 20.3 Å². The minimum absolute atomic E-state index is 0.0114. The van der Waals surface area contributed by atoms with E-state index in [0.29, 0.717) is 25.9 Å². The van der Waals surface area contributed by atoms with E-state index in [2.05, 4.69) is 31.3 Å². The van der Waals surface area contributed by atoms with Gasteiger partial charge in [0.05, 0.1) is 25.4 Å². The highest BCUT2D eigenvalue weighted by molar-refractivity contribution is 5.76. The van der Waals surface area contributed by atoms with Gasteiger partial charge in [-0.25, -0.2) is 0 Å². The summed E-state index contributed by atoms with van der Waals surface area (Å²) in [6, 6.07) is -0.540. The van der Waals surface area contributed by atoms with Crippen molar-refractivity contribution in [2.24, 2.45) is 0 Å². The van der Waals surface area contributed by atoms with Gasteiger partial charge in [-0.1, -0.05) is 379 Å². The number of ether oxygens (including phenoxy) is 1. The average Bonchev–Trinajstić information content (AvgIpc) is 3.47. The first-order valence-corrected chi connectivity index (χ1v) is 37.4. The van der Waals surface area contributed by atoms with Crippen LogP contribution in [0.5, 0.6) is 0 Å². The van der Waals surface area contributed by atoms with Gasteiger partial charge in [-0.15, -0.1) is 0 Å². The molecule has 3 N–H and O–H groups in total. The molecular weight excluding hydrogens is 995 g/mol. The summed E-state index contributed by atoms with van der Waals surface area (Å²) in [4.78, 5) is 24.6. The molecule has 0 aliphatic rings. The lowest BCUT2D eigenvalue weighted by atomic mass is 10.0. The van der Waals surface area contributed by atoms with Crippen molar-refractivity contribution in [2.75, 3.05) is 13.2 Å². The topological polar surface area (TPSA) is 95.9 Å². The Morgan fingerprint density at radius 3 is 0.877 bits per heavy atom. The fraction of sp³-hybridized carbons (Fsp3) is 0.947. The van der Waals surface area contributed by atoms with E-state index in [1.807, 2.05) is 0 Å². The summed E-state index contributed by atoms with van der Waals surface area (Å²) in [5, 5.41) is 23.5. The molecule has 0 heterocycles. The maximum Gasteiger partial charge on any atom is 0.305 e. The fourth-order valence-corrected chi connectivity index (χ4v) is 12.1. The second-order valence-corrected chi connectivity index (χ2v) is 26.0. The highest BCUT2D eigenvalue weighted by Gasteiger charge is 2.20. The molecule has 2 atom stereocenters. The quantitative estimate of drug-likeness (QED) is 0.0320. The Labute approximate surface area is 508 Å². The summed E-state index contributed by atoms with van der Waals surface area (Å²) < 4.78 is 5.49. The molecule has 6 heteroatoms. The Morgan fingerprint density at radius 2 is 0.580 bits per heavy atom. The summed E-state index contributed by atoms with van der Waals surface area (Å²) in [6.07, 6.45) is 88.5. The summed E-state index contributed by atoms with van der Waals surface area (Å²) in [7, 11) is 0. The number of allylic oxidation sites excluding steroid dienone is 2. The molecule has 0 aromatic carbocycles. The van der Waals surface area contributed by atoms with Crippen LogP contribution >= 0.6 is 0 Å². The lowest BCUT2D eigenvalue weighted by Gasteiger charge is -2.22. The molecule has 0 spiro atoms. The van der Waals surface area contributed by atoms with E-state index < -0.39 is 12.1 Å². The van der Waals surface area contributed by atoms with E-state index >= 15 is 0 Å². The van der Waals surface area contributed by atoms with Gasteiger partial charge in [0.2, 0.25) is 5.91 Å². The van der Waals surface area contributed by atoms with E-state index in [1.54, 1.807) is 0 Å². The van der Waals surface area contributed by atoms with Crippen molar-refractivity contribution < 1.29 is 24.5 Å². The van der Waals surface area contributed by atoms with Crippen molar-refractivity contribution in [3.05, 3.63) is 12.2 Å². The molecule has 0 rings (SSSR count). The summed E-state index contributed by atoms with van der Waals surface area (Å²) >= 11 is 0. The van der Waals surface area contributed by atoms with Crippen LogP contribution in [0.4, 0.5) is 0 Å². The monoisotopic (exact) mass is 1140 g/mol. The SMILES string of the molecule is CCCCCCC/C=C\CCCCCCCC(=O)OCCCCCCCCCCCCCCCCCCCCCCCCCCCCCCC(=O)NC(CO)C(O)CCCCCCCCCCCCCCCCCCCCCCCC. The predicted octanol–water partition coefficient (Wildman–Crippen LogP) is 24.3. The van der Waals surface area contributed by atoms with Crippen molar-refractivity contribution in [1.29, 1.82) is 0 Å². The van der Waals surface area contributed by atoms with Crippen LogP contribution in [-0.4, -0.2) is 47.4 Å². The molecule has 6 nitrogen and oxygen atoms in total. The van der Waals surface area contributed by atoms with Crippen LogP contribution in [0.3, 0.4) is 0 Å². The van der Waals surface area contributed by atoms with Crippen molar-refractivity contribution in [1.82, 2.24) is 5.32 Å². The van der Waals surface area contributed by atoms with Crippen LogP contribution < -0.4 is 5.32 Å². The number of rotatable bonds is 71. The third kappa shape index (κ3) is 67.6. The molecule has 0 aromatic heterocycles. The van der Waals surface area contributed by atoms with Crippen molar-refractivity contribution in [2.45, 2.75) is 443 Å². The minimum Gasteiger partial charge on any atom is -0.466 e. The van der Waals surface area contributed by atoms with Crippen LogP contribution in [0.2, 0.25) is 0 Å². The first kappa shape index (κ1) is 79.6. The van der Waals surface area contributed by atoms with Crippen molar-refractivity contribution in [3.8, 4) is 0 Å². The number of hydrogen-bond donors (Lipinski definition) is 3. The normalized spacial score (nSPS) is 12.5. The molecule has 0 saturated carbocycles. The van der Waals surface area contributed by atoms with Gasteiger partial charge in [-0.2, -0.15) is 0 Å². The highest BCUT2D eigenvalue weighted by Crippen LogP contribution is 2.20. The number of carbonyl (C=O) groups is 2. The highest BCUT2D eigenvalue weighted by atomic mass is 16.5. The van der Waals surface area contributed by atoms with E-state index in [9.17, 15) is 19.8 Å². The first-order chi connectivity index (χ1) is 40.0. The third-order valence-corrected chi connectivity index (χ3v) is 17.8. The first-order valence-electron chi connectivity index (χ1n) is 37.4. The molecular formula is C75H147NO5. The van der Waals surface area contributed by atoms with Crippen LogP contribution in [-0.2, 0) is 14.3 Å². The lowest BCUT2D eigenvalue weighted by Crippen LogP contribution is -2.45. The Morgan fingerprint density at radius 1 is 0.333 bits per heavy atom. The smallest absolute Gasteiger partial charge is 0.305 e. The molecule has 0 radical (unpaired) electrons. The second-order valence-electron chi connectivity index (χ2n) is 26.0. The summed E-state index contributed by atoms with van der Waals surface area (Å²) in [6.45, 7) is 4.99. The average molecular weight is 1140 g/mol. The molecule has 0 fully saturated rings. The number of aliphatic hydroxyl groups is 2. The second kappa shape index (κ2) is 71.1. The number of aliphatic hydroxyl groups excluding tert-OH is 2. The molecule has 0 aliphatic heterocycles. The van der Waals surface area contributed by atoms with Gasteiger partial charge in [-0.05, 0) is 51.4 Å². The van der Waals surface area contributed by atoms with E-state index in [1.165, 1.54) is 353 Å². The van der Waals surface area contributed by atoms with Crippen LogP contribution in [0, 0.1) is 0 Å². The largest absolute Gasteiger partial charge is 0.466 e. The van der Waals surface area contributed by atoms with E-state index in [4.69, 9.17) is 4.74 Å². The maximum absolute atomic E-state index is 12.6. The lowest BCUT2D eigenvalue weighted by molar-refractivity contribution is -0.143. The van der Waals surface area contributed by atoms with Gasteiger partial charge in [0, 0.05) is 12.8 Å². The molecule has 0 aliphatic carbocycles. The number of amides is 1. The zero-order valence-corrected chi connectivity index (χ0v) is 55.3. The predicted molar refractivity (Wildman–Crippen MR) is 357 cm³/mol. The molecule has 81 heavy (non-hydrogen) atoms. The van der Waals surface area contributed by atoms with Gasteiger partial charge in [0.15, 0.2) is 0 Å². The van der Waals surface area contributed by atoms with Gasteiger partial charge in [0.1, 0.15) is 0 Å². The minimum atomic E-state index is -0.663. The number of hydrogen-bond acceptors (Lipinski definition) is 5. The van der Waals surface area contributed by atoms with Crippen LogP contribution in [0.1, 0.15) is 431 Å². The number of carbonyl (C=O) groups excluding carboxylic acids is 2. The summed E-state index contributed by atoms with van der Waals surface area (Å²) in [5.41, 5.74) is 0. The third-order valence-electron chi connectivity index (χ3n) is 17.8. The Bertz CT molecular complexity index is 1220. The molecule has 0 bridgehead atoms. The van der Waals surface area contributed by atoms with Crippen LogP contribution in [0.15, 0.2) is 12.2 Å². The Hall–Kier alpha value is -1.40. The standard InChI is InChI=1S/C75H147NO5/c1-3-5-7-9-11-13-15-17-19-20-21-22-31-34-37-40-43-47-51-55-59-63-67-73(78)72(71-77)76-74(79)68-64-60-56-52-48-44-41-38-35-32-29-27-25-23-24-26-28-30-33-36-39-42-46-50-54-58-62-66-70-81-75(80)69-65-61-57-53-49-45-18-16-14-12-10-8-6-4-2/h16,18,72-73,77-78H,3-15,17,19-71H2,1-2H3,(H,76,79)/b18-16-. The van der Waals surface area contributed by atoms with Crippen molar-refractivity contribution in [3.63, 3.8) is 0 Å². The fourth-order valence-electron chi connectivity index (χ4n) is 12.1. The number of nitrogens with one attached hydrogen (secondary N) is 1. The van der Waals surface area contributed by atoms with E-state index in [0.717, 1.165) is 44.9 Å². The zero-order chi connectivity index (χ0) is 58.5. The number of unbranched alkanes of at least 4 members (excludes halogenated alkanes) is 58. The van der Waals surface area contributed by atoms with E-state index in [-0.39, 0.29) is 18.5 Å². The van der Waals surface area contributed by atoms with Gasteiger partial charge >= 0.3 is 5.97 Å². The zero-order valence-electron chi connectivity index (χ0n) is 55.3. The molecule has 0 aromatic rings.